The molecule has 0 spiro atoms. The molecule has 0 atom stereocenters. The van der Waals surface area contributed by atoms with Crippen molar-refractivity contribution in [2.45, 2.75) is 13.5 Å². The normalized spacial score (nSPS) is 10.5. The number of aryl methyl sites for hydroxylation is 1. The third-order valence-corrected chi connectivity index (χ3v) is 2.92. The summed E-state index contributed by atoms with van der Waals surface area (Å²) in [6.45, 7) is 2.43. The highest BCUT2D eigenvalue weighted by Gasteiger charge is 2.12. The number of amides is 1. The Bertz CT molecular complexity index is 729. The molecule has 3 heterocycles. The van der Waals surface area contributed by atoms with Gasteiger partial charge in [0.05, 0.1) is 6.54 Å². The minimum atomic E-state index is -0.321. The average molecular weight is 282 g/mol. The quantitative estimate of drug-likeness (QED) is 0.798. The lowest BCUT2D eigenvalue weighted by Crippen LogP contribution is -2.12. The van der Waals surface area contributed by atoms with E-state index in [1.165, 1.54) is 0 Å². The number of rotatable bonds is 4. The minimum Gasteiger partial charge on any atom is -0.454 e. The third-order valence-electron chi connectivity index (χ3n) is 2.92. The zero-order valence-electron chi connectivity index (χ0n) is 11.5. The Morgan fingerprint density at radius 2 is 2.24 bits per heavy atom. The lowest BCUT2D eigenvalue weighted by molar-refractivity contribution is 0.0994. The lowest BCUT2D eigenvalue weighted by Gasteiger charge is -2.02. The maximum Gasteiger partial charge on any atom is 0.292 e. The Balaban J connectivity index is 1.67. The summed E-state index contributed by atoms with van der Waals surface area (Å²) in [5.74, 6) is 1.09. The third kappa shape index (κ3) is 3.17. The molecule has 0 saturated carbocycles. The molecule has 0 aliphatic heterocycles. The van der Waals surface area contributed by atoms with Crippen molar-refractivity contribution < 1.29 is 9.21 Å². The molecule has 3 aromatic rings. The van der Waals surface area contributed by atoms with E-state index in [-0.39, 0.29) is 11.7 Å². The summed E-state index contributed by atoms with van der Waals surface area (Å²) in [5.41, 5.74) is 1.03. The molecule has 1 N–H and O–H groups in total. The molecule has 6 heteroatoms. The van der Waals surface area contributed by atoms with Gasteiger partial charge in [0.25, 0.3) is 5.91 Å². The fourth-order valence-corrected chi connectivity index (χ4v) is 1.86. The molecular formula is C15H14N4O2. The minimum absolute atomic E-state index is 0.250. The topological polar surface area (TPSA) is 73.0 Å². The molecule has 0 radical (unpaired) electrons. The van der Waals surface area contributed by atoms with Gasteiger partial charge in [0.2, 0.25) is 0 Å². The highest BCUT2D eigenvalue weighted by molar-refractivity contribution is 6.01. The summed E-state index contributed by atoms with van der Waals surface area (Å²) < 4.78 is 7.24. The fourth-order valence-electron chi connectivity index (χ4n) is 1.86. The molecule has 0 fully saturated rings. The van der Waals surface area contributed by atoms with Crippen LogP contribution in [0.4, 0.5) is 5.82 Å². The van der Waals surface area contributed by atoms with Crippen LogP contribution in [0.2, 0.25) is 0 Å². The lowest BCUT2D eigenvalue weighted by atomic mass is 10.3. The van der Waals surface area contributed by atoms with Crippen LogP contribution in [-0.4, -0.2) is 20.7 Å². The van der Waals surface area contributed by atoms with E-state index >= 15 is 0 Å². The Morgan fingerprint density at radius 1 is 1.33 bits per heavy atom. The molecule has 6 nitrogen and oxygen atoms in total. The van der Waals surface area contributed by atoms with Crippen molar-refractivity contribution >= 4 is 11.7 Å². The first-order valence-corrected chi connectivity index (χ1v) is 6.51. The number of anilines is 1. The second-order valence-corrected chi connectivity index (χ2v) is 4.64. The molecule has 106 valence electrons. The van der Waals surface area contributed by atoms with E-state index in [1.807, 2.05) is 25.3 Å². The monoisotopic (exact) mass is 282 g/mol. The highest BCUT2D eigenvalue weighted by Crippen LogP contribution is 2.12. The van der Waals surface area contributed by atoms with Crippen LogP contribution in [0, 0.1) is 6.92 Å². The van der Waals surface area contributed by atoms with Gasteiger partial charge in [0, 0.05) is 18.6 Å². The molecule has 0 aliphatic carbocycles. The predicted molar refractivity (Wildman–Crippen MR) is 77.0 cm³/mol. The Morgan fingerprint density at radius 3 is 2.95 bits per heavy atom. The molecule has 1 amide bonds. The Labute approximate surface area is 121 Å². The van der Waals surface area contributed by atoms with Gasteiger partial charge in [-0.15, -0.1) is 0 Å². The summed E-state index contributed by atoms with van der Waals surface area (Å²) in [5, 5.41) is 6.78. The van der Waals surface area contributed by atoms with Gasteiger partial charge in [-0.2, -0.15) is 5.10 Å². The number of aromatic nitrogens is 3. The summed E-state index contributed by atoms with van der Waals surface area (Å²) in [6.07, 6.45) is 5.22. The van der Waals surface area contributed by atoms with Gasteiger partial charge in [0.15, 0.2) is 5.76 Å². The van der Waals surface area contributed by atoms with Gasteiger partial charge < -0.3 is 9.73 Å². The van der Waals surface area contributed by atoms with Crippen LogP contribution < -0.4 is 5.32 Å². The standard InChI is InChI=1S/C15H14N4O2/c1-11-3-6-14(16-9-11)18-15(20)13-5-4-12(21-13)10-19-8-2-7-17-19/h2-9H,10H2,1H3,(H,16,18,20). The second kappa shape index (κ2) is 5.62. The van der Waals surface area contributed by atoms with Crippen molar-refractivity contribution in [2.75, 3.05) is 5.32 Å². The first-order chi connectivity index (χ1) is 10.2. The zero-order chi connectivity index (χ0) is 14.7. The van der Waals surface area contributed by atoms with E-state index in [9.17, 15) is 4.79 Å². The van der Waals surface area contributed by atoms with E-state index in [0.29, 0.717) is 18.1 Å². The van der Waals surface area contributed by atoms with Crippen molar-refractivity contribution in [3.63, 3.8) is 0 Å². The van der Waals surface area contributed by atoms with E-state index < -0.39 is 0 Å². The van der Waals surface area contributed by atoms with E-state index in [0.717, 1.165) is 5.56 Å². The highest BCUT2D eigenvalue weighted by atomic mass is 16.4. The summed E-state index contributed by atoms with van der Waals surface area (Å²) >= 11 is 0. The number of hydrogen-bond donors (Lipinski definition) is 1. The van der Waals surface area contributed by atoms with Crippen LogP contribution in [0.15, 0.2) is 53.3 Å². The first-order valence-electron chi connectivity index (χ1n) is 6.51. The Kier molecular flexibility index (Phi) is 3.51. The van der Waals surface area contributed by atoms with Gasteiger partial charge in [-0.3, -0.25) is 9.48 Å². The van der Waals surface area contributed by atoms with Gasteiger partial charge in [-0.1, -0.05) is 6.07 Å². The van der Waals surface area contributed by atoms with Crippen LogP contribution in [0.5, 0.6) is 0 Å². The second-order valence-electron chi connectivity index (χ2n) is 4.64. The SMILES string of the molecule is Cc1ccc(NC(=O)c2ccc(Cn3cccn3)o2)nc1. The van der Waals surface area contributed by atoms with Crippen molar-refractivity contribution in [3.05, 3.63) is 66.0 Å². The number of hydrogen-bond acceptors (Lipinski definition) is 4. The molecule has 0 saturated heterocycles. The largest absolute Gasteiger partial charge is 0.454 e. The fraction of sp³-hybridized carbons (Fsp3) is 0.133. The molecule has 3 aromatic heterocycles. The number of nitrogens with zero attached hydrogens (tertiary/aromatic N) is 3. The van der Waals surface area contributed by atoms with Crippen LogP contribution >= 0.6 is 0 Å². The van der Waals surface area contributed by atoms with Gasteiger partial charge >= 0.3 is 0 Å². The average Bonchev–Trinajstić information content (AvgIpc) is 3.13. The first kappa shape index (κ1) is 13.1. The maximum atomic E-state index is 12.0. The van der Waals surface area contributed by atoms with Crippen LogP contribution in [0.25, 0.3) is 0 Å². The summed E-state index contributed by atoms with van der Waals surface area (Å²) in [4.78, 5) is 16.2. The number of carbonyl (C=O) groups excluding carboxylic acids is 1. The number of furan rings is 1. The molecular weight excluding hydrogens is 268 g/mol. The number of carbonyl (C=O) groups is 1. The molecule has 0 aliphatic rings. The van der Waals surface area contributed by atoms with E-state index in [2.05, 4.69) is 15.4 Å². The van der Waals surface area contributed by atoms with E-state index in [1.54, 1.807) is 35.3 Å². The maximum absolute atomic E-state index is 12.0. The number of pyridine rings is 1. The molecule has 3 rings (SSSR count). The molecule has 0 unspecified atom stereocenters. The zero-order valence-corrected chi connectivity index (χ0v) is 11.5. The summed E-state index contributed by atoms with van der Waals surface area (Å²) in [7, 11) is 0. The van der Waals surface area contributed by atoms with Crippen LogP contribution in [-0.2, 0) is 6.54 Å². The van der Waals surface area contributed by atoms with Crippen LogP contribution in [0.1, 0.15) is 21.9 Å². The molecule has 0 aromatic carbocycles. The van der Waals surface area contributed by atoms with Crippen LogP contribution in [0.3, 0.4) is 0 Å². The van der Waals surface area contributed by atoms with Gasteiger partial charge in [0.1, 0.15) is 11.6 Å². The Hall–Kier alpha value is -2.89. The van der Waals surface area contributed by atoms with Crippen molar-refractivity contribution in [1.82, 2.24) is 14.8 Å². The smallest absolute Gasteiger partial charge is 0.292 e. The summed E-state index contributed by atoms with van der Waals surface area (Å²) in [6, 6.07) is 8.87. The van der Waals surface area contributed by atoms with Gasteiger partial charge in [-0.25, -0.2) is 4.98 Å². The van der Waals surface area contributed by atoms with Crippen molar-refractivity contribution in [1.29, 1.82) is 0 Å². The van der Waals surface area contributed by atoms with Crippen molar-refractivity contribution in [3.8, 4) is 0 Å². The van der Waals surface area contributed by atoms with E-state index in [4.69, 9.17) is 4.42 Å². The number of nitrogens with one attached hydrogen (secondary N) is 1. The molecule has 0 bridgehead atoms. The predicted octanol–water partition coefficient (Wildman–Crippen LogP) is 2.48. The van der Waals surface area contributed by atoms with Crippen molar-refractivity contribution in [2.24, 2.45) is 0 Å². The molecule has 21 heavy (non-hydrogen) atoms. The van der Waals surface area contributed by atoms with Gasteiger partial charge in [-0.05, 0) is 36.8 Å².